The minimum Gasteiger partial charge on any atom is -0.359 e. The lowest BCUT2D eigenvalue weighted by molar-refractivity contribution is 0.0997. The summed E-state index contributed by atoms with van der Waals surface area (Å²) in [4.78, 5) is 2.26. The van der Waals surface area contributed by atoms with Crippen LogP contribution in [0.5, 0.6) is 0 Å². The largest absolute Gasteiger partial charge is 0.359 e. The van der Waals surface area contributed by atoms with E-state index in [9.17, 15) is 0 Å². The molecule has 1 unspecified atom stereocenters. The second-order valence-corrected chi connectivity index (χ2v) is 3.16. The molecule has 0 amide bonds. The predicted octanol–water partition coefficient (Wildman–Crippen LogP) is 1.36. The zero-order valence-electron chi connectivity index (χ0n) is 6.87. The molecule has 1 aromatic rings. The van der Waals surface area contributed by atoms with Gasteiger partial charge in [-0.25, -0.2) is 0 Å². The zero-order chi connectivity index (χ0) is 7.84. The number of hydrogen-bond acceptors (Lipinski definition) is 3. The van der Waals surface area contributed by atoms with E-state index in [0.717, 1.165) is 11.5 Å². The molecule has 60 valence electrons. The van der Waals surface area contributed by atoms with E-state index in [1.165, 1.54) is 13.0 Å². The van der Waals surface area contributed by atoms with Crippen molar-refractivity contribution in [3.8, 4) is 0 Å². The molecule has 1 aromatic heterocycles. The molecule has 1 aliphatic rings. The summed E-state index contributed by atoms with van der Waals surface area (Å²) in [7, 11) is 2.10. The van der Waals surface area contributed by atoms with E-state index < -0.39 is 0 Å². The lowest BCUT2D eigenvalue weighted by Crippen LogP contribution is -2.36. The van der Waals surface area contributed by atoms with Crippen molar-refractivity contribution in [3.63, 3.8) is 0 Å². The van der Waals surface area contributed by atoms with Gasteiger partial charge in [-0.15, -0.1) is 0 Å². The average Bonchev–Trinajstić information content (AvgIpc) is 2.33. The first-order valence-corrected chi connectivity index (χ1v) is 3.91. The quantitative estimate of drug-likeness (QED) is 0.608. The molecule has 2 heterocycles. The van der Waals surface area contributed by atoms with Crippen LogP contribution in [0.15, 0.2) is 10.6 Å². The van der Waals surface area contributed by atoms with E-state index in [1.54, 1.807) is 0 Å². The lowest BCUT2D eigenvalue weighted by Gasteiger charge is -2.35. The summed E-state index contributed by atoms with van der Waals surface area (Å²) in [6.45, 7) is 3.12. The van der Waals surface area contributed by atoms with Crippen molar-refractivity contribution in [2.24, 2.45) is 0 Å². The van der Waals surface area contributed by atoms with E-state index in [0.29, 0.717) is 6.04 Å². The maximum atomic E-state index is 5.15. The van der Waals surface area contributed by atoms with Gasteiger partial charge >= 0.3 is 0 Å². The molecule has 1 atom stereocenters. The lowest BCUT2D eigenvalue weighted by atomic mass is 10.0. The molecule has 0 aliphatic carbocycles. The summed E-state index contributed by atoms with van der Waals surface area (Å²) in [6, 6.07) is 2.50. The molecule has 1 saturated heterocycles. The van der Waals surface area contributed by atoms with Crippen LogP contribution in [0.25, 0.3) is 0 Å². The van der Waals surface area contributed by atoms with Crippen molar-refractivity contribution in [2.45, 2.75) is 19.4 Å². The maximum absolute atomic E-state index is 5.15. The Morgan fingerprint density at radius 1 is 1.73 bits per heavy atom. The summed E-state index contributed by atoms with van der Waals surface area (Å²) in [6.07, 6.45) is 1.20. The molecule has 11 heavy (non-hydrogen) atoms. The van der Waals surface area contributed by atoms with Crippen molar-refractivity contribution < 1.29 is 4.52 Å². The van der Waals surface area contributed by atoms with Gasteiger partial charge in [0.25, 0.3) is 0 Å². The Hall–Kier alpha value is -0.830. The van der Waals surface area contributed by atoms with E-state index >= 15 is 0 Å². The van der Waals surface area contributed by atoms with Gasteiger partial charge in [-0.3, -0.25) is 4.90 Å². The van der Waals surface area contributed by atoms with Crippen LogP contribution in [-0.2, 0) is 0 Å². The highest BCUT2D eigenvalue weighted by Gasteiger charge is 2.28. The van der Waals surface area contributed by atoms with Crippen LogP contribution < -0.4 is 0 Å². The molecule has 0 radical (unpaired) electrons. The highest BCUT2D eigenvalue weighted by molar-refractivity contribution is 5.10. The maximum Gasteiger partial charge on any atom is 0.154 e. The minimum atomic E-state index is 0.483. The molecule has 3 nitrogen and oxygen atoms in total. The highest BCUT2D eigenvalue weighted by atomic mass is 16.5. The predicted molar refractivity (Wildman–Crippen MR) is 41.2 cm³/mol. The van der Waals surface area contributed by atoms with Crippen LogP contribution in [0.2, 0.25) is 0 Å². The van der Waals surface area contributed by atoms with Gasteiger partial charge in [0.1, 0.15) is 0 Å². The normalized spacial score (nSPS) is 25.1. The third-order valence-electron chi connectivity index (χ3n) is 2.26. The second-order valence-electron chi connectivity index (χ2n) is 3.16. The molecule has 2 rings (SSSR count). The first kappa shape index (κ1) is 6.85. The Bertz CT molecular complexity index is 256. The monoisotopic (exact) mass is 152 g/mol. The van der Waals surface area contributed by atoms with Gasteiger partial charge in [-0.1, -0.05) is 5.16 Å². The van der Waals surface area contributed by atoms with Crippen LogP contribution in [0.1, 0.15) is 23.9 Å². The van der Waals surface area contributed by atoms with Crippen LogP contribution >= 0.6 is 0 Å². The topological polar surface area (TPSA) is 29.3 Å². The zero-order valence-corrected chi connectivity index (χ0v) is 6.87. The first-order valence-electron chi connectivity index (χ1n) is 3.91. The summed E-state index contributed by atoms with van der Waals surface area (Å²) >= 11 is 0. The number of likely N-dealkylation sites (tertiary alicyclic amines) is 1. The van der Waals surface area contributed by atoms with Gasteiger partial charge in [0.05, 0.1) is 11.7 Å². The fraction of sp³-hybridized carbons (Fsp3) is 0.625. The number of nitrogens with zero attached hydrogens (tertiary/aromatic N) is 2. The van der Waals surface area contributed by atoms with E-state index in [1.807, 2.05) is 13.0 Å². The van der Waals surface area contributed by atoms with Crippen LogP contribution in [-0.4, -0.2) is 23.6 Å². The Morgan fingerprint density at radius 3 is 2.91 bits per heavy atom. The molecule has 0 spiro atoms. The number of aryl methyl sites for hydroxylation is 1. The Morgan fingerprint density at radius 2 is 2.55 bits per heavy atom. The molecular formula is C8H12N2O. The molecule has 1 aliphatic heterocycles. The molecule has 3 heteroatoms. The third-order valence-corrected chi connectivity index (χ3v) is 2.26. The van der Waals surface area contributed by atoms with Gasteiger partial charge in [-0.2, -0.15) is 0 Å². The third kappa shape index (κ3) is 1.05. The first-order chi connectivity index (χ1) is 5.27. The van der Waals surface area contributed by atoms with Gasteiger partial charge in [-0.05, 0) is 20.4 Å². The Kier molecular flexibility index (Phi) is 1.46. The Balaban J connectivity index is 2.16. The summed E-state index contributed by atoms with van der Waals surface area (Å²) < 4.78 is 5.15. The minimum absolute atomic E-state index is 0.483. The number of aromatic nitrogens is 1. The van der Waals surface area contributed by atoms with E-state index in [4.69, 9.17) is 4.52 Å². The summed E-state index contributed by atoms with van der Waals surface area (Å²) in [5.41, 5.74) is 0.973. The molecule has 1 fully saturated rings. The van der Waals surface area contributed by atoms with E-state index in [2.05, 4.69) is 17.1 Å². The fourth-order valence-corrected chi connectivity index (χ4v) is 1.42. The fourth-order valence-electron chi connectivity index (χ4n) is 1.42. The van der Waals surface area contributed by atoms with Gasteiger partial charge in [0.15, 0.2) is 5.76 Å². The molecule has 0 saturated carbocycles. The molecule has 0 aromatic carbocycles. The van der Waals surface area contributed by atoms with Crippen LogP contribution in [0.4, 0.5) is 0 Å². The van der Waals surface area contributed by atoms with Gasteiger partial charge in [0.2, 0.25) is 0 Å². The van der Waals surface area contributed by atoms with Crippen molar-refractivity contribution in [1.82, 2.24) is 10.1 Å². The van der Waals surface area contributed by atoms with Crippen LogP contribution in [0, 0.1) is 6.92 Å². The smallest absolute Gasteiger partial charge is 0.154 e. The van der Waals surface area contributed by atoms with E-state index in [-0.39, 0.29) is 0 Å². The van der Waals surface area contributed by atoms with Crippen molar-refractivity contribution in [3.05, 3.63) is 17.5 Å². The highest BCUT2D eigenvalue weighted by Crippen LogP contribution is 2.31. The van der Waals surface area contributed by atoms with Gasteiger partial charge < -0.3 is 4.52 Å². The molecular weight excluding hydrogens is 140 g/mol. The summed E-state index contributed by atoms with van der Waals surface area (Å²) in [5, 5.41) is 3.85. The van der Waals surface area contributed by atoms with Crippen molar-refractivity contribution in [2.75, 3.05) is 13.6 Å². The average molecular weight is 152 g/mol. The molecule has 0 bridgehead atoms. The van der Waals surface area contributed by atoms with Crippen LogP contribution in [0.3, 0.4) is 0 Å². The second kappa shape index (κ2) is 2.34. The number of hydrogen-bond donors (Lipinski definition) is 0. The SMILES string of the molecule is Cc1cc(C2CCN2C)on1. The van der Waals surface area contributed by atoms with Gasteiger partial charge in [0, 0.05) is 12.6 Å². The standard InChI is InChI=1S/C8H12N2O/c1-6-5-8(11-9-6)7-3-4-10(7)2/h5,7H,3-4H2,1-2H3. The molecule has 0 N–H and O–H groups in total. The Labute approximate surface area is 66.0 Å². The summed E-state index contributed by atoms with van der Waals surface area (Å²) in [5.74, 6) is 1.01. The van der Waals surface area contributed by atoms with Crippen molar-refractivity contribution >= 4 is 0 Å². The van der Waals surface area contributed by atoms with Crippen molar-refractivity contribution in [1.29, 1.82) is 0 Å². The number of rotatable bonds is 1.